The normalized spacial score (nSPS) is 23.4. The lowest BCUT2D eigenvalue weighted by atomic mass is 10.0. The van der Waals surface area contributed by atoms with Crippen molar-refractivity contribution in [3.63, 3.8) is 0 Å². The fraction of sp³-hybridized carbons (Fsp3) is 0.538. The van der Waals surface area contributed by atoms with Crippen molar-refractivity contribution in [1.82, 2.24) is 4.90 Å². The molecule has 0 saturated carbocycles. The molecule has 4 nitrogen and oxygen atoms in total. The Bertz CT molecular complexity index is 369. The van der Waals surface area contributed by atoms with Gasteiger partial charge in [0.1, 0.15) is 18.0 Å². The Morgan fingerprint density at radius 3 is 3.06 bits per heavy atom. The summed E-state index contributed by atoms with van der Waals surface area (Å²) in [4.78, 5) is 2.16. The van der Waals surface area contributed by atoms with Gasteiger partial charge in [0.05, 0.1) is 13.7 Å². The van der Waals surface area contributed by atoms with Crippen LogP contribution in [0.5, 0.6) is 5.75 Å². The van der Waals surface area contributed by atoms with Crippen molar-refractivity contribution in [2.75, 3.05) is 33.9 Å². The molecule has 1 N–H and O–H groups in total. The van der Waals surface area contributed by atoms with E-state index in [9.17, 15) is 5.11 Å². The zero-order valence-corrected chi connectivity index (χ0v) is 10.3. The highest BCUT2D eigenvalue weighted by Crippen LogP contribution is 2.24. The molecule has 17 heavy (non-hydrogen) atoms. The van der Waals surface area contributed by atoms with Crippen LogP contribution in [0.4, 0.5) is 0 Å². The summed E-state index contributed by atoms with van der Waals surface area (Å²) in [6.45, 7) is 2.34. The summed E-state index contributed by atoms with van der Waals surface area (Å²) < 4.78 is 10.8. The van der Waals surface area contributed by atoms with Gasteiger partial charge in [0, 0.05) is 13.1 Å². The molecular formula is C13H19NO3. The van der Waals surface area contributed by atoms with Gasteiger partial charge in [0.25, 0.3) is 0 Å². The lowest BCUT2D eigenvalue weighted by Crippen LogP contribution is -2.42. The maximum Gasteiger partial charge on any atom is 0.119 e. The first-order valence-corrected chi connectivity index (χ1v) is 5.83. The molecule has 2 atom stereocenters. The van der Waals surface area contributed by atoms with Gasteiger partial charge < -0.3 is 19.5 Å². The van der Waals surface area contributed by atoms with Crippen LogP contribution in [0.25, 0.3) is 0 Å². The van der Waals surface area contributed by atoms with Crippen molar-refractivity contribution in [3.8, 4) is 5.75 Å². The number of nitrogens with zero attached hydrogens (tertiary/aromatic N) is 1. The molecule has 0 spiro atoms. The monoisotopic (exact) mass is 237 g/mol. The topological polar surface area (TPSA) is 41.9 Å². The molecule has 1 aromatic carbocycles. The Morgan fingerprint density at radius 2 is 2.35 bits per heavy atom. The molecule has 2 unspecified atom stereocenters. The molecule has 1 fully saturated rings. The smallest absolute Gasteiger partial charge is 0.119 e. The predicted molar refractivity (Wildman–Crippen MR) is 65.2 cm³/mol. The number of benzene rings is 1. The Labute approximate surface area is 102 Å². The van der Waals surface area contributed by atoms with Gasteiger partial charge in [-0.2, -0.15) is 0 Å². The molecule has 1 aliphatic rings. The first kappa shape index (κ1) is 12.4. The van der Waals surface area contributed by atoms with Crippen molar-refractivity contribution in [2.24, 2.45) is 0 Å². The van der Waals surface area contributed by atoms with E-state index < -0.39 is 6.10 Å². The summed E-state index contributed by atoms with van der Waals surface area (Å²) in [5, 5.41) is 10.3. The third-order valence-electron chi connectivity index (χ3n) is 3.08. The Kier molecular flexibility index (Phi) is 3.99. The molecule has 0 aromatic heterocycles. The molecule has 0 bridgehead atoms. The maximum atomic E-state index is 10.3. The van der Waals surface area contributed by atoms with Crippen LogP contribution in [-0.2, 0) is 4.74 Å². The van der Waals surface area contributed by atoms with Crippen molar-refractivity contribution in [2.45, 2.75) is 12.2 Å². The van der Waals surface area contributed by atoms with Gasteiger partial charge in [-0.25, -0.2) is 0 Å². The largest absolute Gasteiger partial charge is 0.497 e. The molecule has 0 aliphatic carbocycles. The van der Waals surface area contributed by atoms with E-state index in [-0.39, 0.29) is 6.10 Å². The summed E-state index contributed by atoms with van der Waals surface area (Å²) in [7, 11) is 3.66. The molecular weight excluding hydrogens is 218 g/mol. The van der Waals surface area contributed by atoms with Crippen LogP contribution in [0, 0.1) is 0 Å². The zero-order valence-electron chi connectivity index (χ0n) is 10.3. The van der Waals surface area contributed by atoms with E-state index >= 15 is 0 Å². The van der Waals surface area contributed by atoms with Crippen molar-refractivity contribution in [3.05, 3.63) is 29.8 Å². The SMILES string of the molecule is COc1cccc(C(O)C2CN(C)CCO2)c1. The van der Waals surface area contributed by atoms with Crippen molar-refractivity contribution in [1.29, 1.82) is 0 Å². The Morgan fingerprint density at radius 1 is 1.53 bits per heavy atom. The second-order valence-electron chi connectivity index (χ2n) is 4.39. The third-order valence-corrected chi connectivity index (χ3v) is 3.08. The number of hydrogen-bond acceptors (Lipinski definition) is 4. The summed E-state index contributed by atoms with van der Waals surface area (Å²) in [5.41, 5.74) is 0.838. The van der Waals surface area contributed by atoms with Gasteiger partial charge in [-0.15, -0.1) is 0 Å². The number of rotatable bonds is 3. The fourth-order valence-electron chi connectivity index (χ4n) is 2.04. The van der Waals surface area contributed by atoms with Gasteiger partial charge in [-0.1, -0.05) is 12.1 Å². The van der Waals surface area contributed by atoms with Crippen LogP contribution in [0.3, 0.4) is 0 Å². The van der Waals surface area contributed by atoms with E-state index in [1.54, 1.807) is 7.11 Å². The van der Waals surface area contributed by atoms with E-state index in [0.29, 0.717) is 6.61 Å². The second kappa shape index (κ2) is 5.49. The van der Waals surface area contributed by atoms with Crippen LogP contribution < -0.4 is 4.74 Å². The number of aliphatic hydroxyl groups excluding tert-OH is 1. The number of methoxy groups -OCH3 is 1. The van der Waals surface area contributed by atoms with Crippen LogP contribution in [-0.4, -0.2) is 50.0 Å². The highest BCUT2D eigenvalue weighted by atomic mass is 16.5. The van der Waals surface area contributed by atoms with Gasteiger partial charge in [0.2, 0.25) is 0 Å². The minimum Gasteiger partial charge on any atom is -0.497 e. The molecule has 94 valence electrons. The van der Waals surface area contributed by atoms with Gasteiger partial charge in [-0.05, 0) is 24.7 Å². The highest BCUT2D eigenvalue weighted by Gasteiger charge is 2.26. The molecule has 0 radical (unpaired) electrons. The van der Waals surface area contributed by atoms with E-state index in [0.717, 1.165) is 24.4 Å². The first-order chi connectivity index (χ1) is 8.20. The first-order valence-electron chi connectivity index (χ1n) is 5.83. The van der Waals surface area contributed by atoms with Crippen LogP contribution >= 0.6 is 0 Å². The molecule has 1 saturated heterocycles. The number of aliphatic hydroxyl groups is 1. The Hall–Kier alpha value is -1.10. The van der Waals surface area contributed by atoms with Gasteiger partial charge in [0.15, 0.2) is 0 Å². The fourth-order valence-corrected chi connectivity index (χ4v) is 2.04. The van der Waals surface area contributed by atoms with E-state index in [4.69, 9.17) is 9.47 Å². The molecule has 1 aromatic rings. The molecule has 1 aliphatic heterocycles. The summed E-state index contributed by atoms with van der Waals surface area (Å²) in [6, 6.07) is 7.49. The summed E-state index contributed by atoms with van der Waals surface area (Å²) in [6.07, 6.45) is -0.770. The minimum absolute atomic E-state index is 0.166. The van der Waals surface area contributed by atoms with Crippen molar-refractivity contribution < 1.29 is 14.6 Å². The molecule has 4 heteroatoms. The average Bonchev–Trinajstić information content (AvgIpc) is 2.38. The van der Waals surface area contributed by atoms with Crippen LogP contribution in [0.15, 0.2) is 24.3 Å². The van der Waals surface area contributed by atoms with Crippen LogP contribution in [0.2, 0.25) is 0 Å². The summed E-state index contributed by atoms with van der Waals surface area (Å²) >= 11 is 0. The quantitative estimate of drug-likeness (QED) is 0.853. The highest BCUT2D eigenvalue weighted by molar-refractivity contribution is 5.30. The lowest BCUT2D eigenvalue weighted by molar-refractivity contribution is -0.0845. The maximum absolute atomic E-state index is 10.3. The minimum atomic E-state index is -0.604. The van der Waals surface area contributed by atoms with Crippen LogP contribution in [0.1, 0.15) is 11.7 Å². The molecule has 1 heterocycles. The lowest BCUT2D eigenvalue weighted by Gasteiger charge is -2.33. The van der Waals surface area contributed by atoms with Gasteiger partial charge >= 0.3 is 0 Å². The second-order valence-corrected chi connectivity index (χ2v) is 4.39. The molecule has 2 rings (SSSR count). The predicted octanol–water partition coefficient (Wildman–Crippen LogP) is 1.06. The standard InChI is InChI=1S/C13H19NO3/c1-14-6-7-17-12(9-14)13(15)10-4-3-5-11(8-10)16-2/h3-5,8,12-13,15H,6-7,9H2,1-2H3. The number of ether oxygens (including phenoxy) is 2. The zero-order chi connectivity index (χ0) is 12.3. The number of likely N-dealkylation sites (N-methyl/N-ethyl adjacent to an activating group) is 1. The number of morpholine rings is 1. The van der Waals surface area contributed by atoms with E-state index in [2.05, 4.69) is 4.90 Å². The van der Waals surface area contributed by atoms with E-state index in [1.165, 1.54) is 0 Å². The van der Waals surface area contributed by atoms with Crippen molar-refractivity contribution >= 4 is 0 Å². The van der Waals surface area contributed by atoms with E-state index in [1.807, 2.05) is 31.3 Å². The molecule has 0 amide bonds. The third kappa shape index (κ3) is 2.97. The number of hydrogen-bond donors (Lipinski definition) is 1. The average molecular weight is 237 g/mol. The summed E-state index contributed by atoms with van der Waals surface area (Å²) in [5.74, 6) is 0.755. The van der Waals surface area contributed by atoms with Gasteiger partial charge in [-0.3, -0.25) is 0 Å². The Balaban J connectivity index is 2.09.